The van der Waals surface area contributed by atoms with E-state index in [1.807, 2.05) is 53.4 Å². The number of rotatable bonds is 6. The molecule has 3 aliphatic rings. The number of hydrogen-bond donors (Lipinski definition) is 2. The third kappa shape index (κ3) is 5.64. The first kappa shape index (κ1) is 24.2. The maximum absolute atomic E-state index is 13.0. The van der Waals surface area contributed by atoms with Crippen LogP contribution in [0.5, 0.6) is 5.75 Å². The molecule has 0 saturated carbocycles. The largest absolute Gasteiger partial charge is 0.490 e. The van der Waals surface area contributed by atoms with Gasteiger partial charge in [0.2, 0.25) is 17.7 Å². The van der Waals surface area contributed by atoms with Crippen LogP contribution in [0.1, 0.15) is 50.0 Å². The van der Waals surface area contributed by atoms with Crippen LogP contribution in [0.3, 0.4) is 0 Å². The van der Waals surface area contributed by atoms with Crippen LogP contribution in [0.25, 0.3) is 0 Å². The Bertz CT molecular complexity index is 1110. The second kappa shape index (κ2) is 10.6. The maximum Gasteiger partial charge on any atom is 0.234 e. The maximum atomic E-state index is 13.0. The summed E-state index contributed by atoms with van der Waals surface area (Å²) < 4.78 is 6.06. The van der Waals surface area contributed by atoms with Crippen molar-refractivity contribution in [2.75, 3.05) is 36.8 Å². The predicted molar refractivity (Wildman–Crippen MR) is 138 cm³/mol. The van der Waals surface area contributed by atoms with Gasteiger partial charge >= 0.3 is 0 Å². The number of benzene rings is 2. The fourth-order valence-electron chi connectivity index (χ4n) is 5.54. The third-order valence-corrected chi connectivity index (χ3v) is 7.60. The van der Waals surface area contributed by atoms with E-state index in [9.17, 15) is 14.4 Å². The molecule has 190 valence electrons. The Labute approximate surface area is 211 Å². The average Bonchev–Trinajstić information content (AvgIpc) is 3.33. The standard InChI is InChI=1S/C28H34N4O4/c29-21-2-1-3-24(17-21)36-23-11-14-31(15-12-23)27(34)16-19-10-13-32(18-19)22-6-4-20(5-7-22)25-8-9-26(33)30-28(25)35/h1-7,17,19,23,25H,8-16,18,29H2,(H,30,33,35). The molecule has 3 aliphatic heterocycles. The summed E-state index contributed by atoms with van der Waals surface area (Å²) in [5.74, 6) is 0.697. The number of likely N-dealkylation sites (tertiary alicyclic amines) is 1. The minimum atomic E-state index is -0.263. The summed E-state index contributed by atoms with van der Waals surface area (Å²) in [5, 5.41) is 2.43. The van der Waals surface area contributed by atoms with Crippen LogP contribution in [0.15, 0.2) is 48.5 Å². The number of nitrogens with zero attached hydrogens (tertiary/aromatic N) is 2. The van der Waals surface area contributed by atoms with Gasteiger partial charge in [-0.05, 0) is 48.6 Å². The van der Waals surface area contributed by atoms with E-state index in [2.05, 4.69) is 10.2 Å². The van der Waals surface area contributed by atoms with Crippen LogP contribution in [0, 0.1) is 5.92 Å². The molecule has 2 unspecified atom stereocenters. The van der Waals surface area contributed by atoms with E-state index in [0.717, 1.165) is 62.4 Å². The first-order valence-electron chi connectivity index (χ1n) is 12.9. The number of nitrogens with two attached hydrogens (primary N) is 1. The van der Waals surface area contributed by atoms with Crippen LogP contribution < -0.4 is 20.7 Å². The molecule has 5 rings (SSSR count). The number of carbonyl (C=O) groups excluding carboxylic acids is 3. The molecule has 3 fully saturated rings. The molecule has 3 N–H and O–H groups in total. The number of amides is 3. The van der Waals surface area contributed by atoms with Gasteiger partial charge in [-0.2, -0.15) is 0 Å². The molecule has 0 aliphatic carbocycles. The molecule has 0 spiro atoms. The SMILES string of the molecule is Nc1cccc(OC2CCN(C(=O)CC3CCN(c4ccc(C5CCC(=O)NC5=O)cc4)C3)CC2)c1. The van der Waals surface area contributed by atoms with Crippen molar-refractivity contribution in [2.45, 2.75) is 50.5 Å². The van der Waals surface area contributed by atoms with E-state index in [1.165, 1.54) is 0 Å². The lowest BCUT2D eigenvalue weighted by Gasteiger charge is -2.33. The van der Waals surface area contributed by atoms with Crippen molar-refractivity contribution in [1.29, 1.82) is 0 Å². The summed E-state index contributed by atoms with van der Waals surface area (Å²) in [5.41, 5.74) is 8.58. The Kier molecular flexibility index (Phi) is 7.11. The minimum absolute atomic E-state index is 0.112. The molecule has 8 heteroatoms. The average molecular weight is 491 g/mol. The van der Waals surface area contributed by atoms with Crippen molar-refractivity contribution in [2.24, 2.45) is 5.92 Å². The van der Waals surface area contributed by atoms with E-state index in [1.54, 1.807) is 0 Å². The summed E-state index contributed by atoms with van der Waals surface area (Å²) in [4.78, 5) is 40.8. The minimum Gasteiger partial charge on any atom is -0.490 e. The normalized spacial score (nSPS) is 23.0. The summed E-state index contributed by atoms with van der Waals surface area (Å²) in [6.45, 7) is 3.23. The van der Waals surface area contributed by atoms with Crippen LogP contribution in [-0.4, -0.2) is 54.9 Å². The molecule has 2 aromatic rings. The number of ether oxygens (including phenoxy) is 1. The Morgan fingerprint density at radius 2 is 1.78 bits per heavy atom. The zero-order valence-electron chi connectivity index (χ0n) is 20.5. The van der Waals surface area contributed by atoms with E-state index in [-0.39, 0.29) is 29.7 Å². The molecule has 2 atom stereocenters. The molecule has 3 amide bonds. The molecule has 0 bridgehead atoms. The number of hydrogen-bond acceptors (Lipinski definition) is 6. The second-order valence-corrected chi connectivity index (χ2v) is 10.2. The van der Waals surface area contributed by atoms with Gasteiger partial charge in [-0.1, -0.05) is 18.2 Å². The third-order valence-electron chi connectivity index (χ3n) is 7.60. The number of nitrogen functional groups attached to an aromatic ring is 1. The number of imide groups is 1. The van der Waals surface area contributed by atoms with Crippen LogP contribution in [0.4, 0.5) is 11.4 Å². The second-order valence-electron chi connectivity index (χ2n) is 10.2. The van der Waals surface area contributed by atoms with Crippen LogP contribution in [-0.2, 0) is 14.4 Å². The number of nitrogens with one attached hydrogen (secondary N) is 1. The molecule has 0 radical (unpaired) electrons. The van der Waals surface area contributed by atoms with Crippen molar-refractivity contribution in [1.82, 2.24) is 10.2 Å². The van der Waals surface area contributed by atoms with Gasteiger partial charge in [0.15, 0.2) is 0 Å². The van der Waals surface area contributed by atoms with Crippen molar-refractivity contribution in [3.63, 3.8) is 0 Å². The molecule has 0 aromatic heterocycles. The topological polar surface area (TPSA) is 105 Å². The van der Waals surface area contributed by atoms with E-state index < -0.39 is 0 Å². The highest BCUT2D eigenvalue weighted by molar-refractivity contribution is 6.00. The Hall–Kier alpha value is -3.55. The summed E-state index contributed by atoms with van der Waals surface area (Å²) >= 11 is 0. The zero-order chi connectivity index (χ0) is 25.1. The highest BCUT2D eigenvalue weighted by atomic mass is 16.5. The molecule has 2 aromatic carbocycles. The van der Waals surface area contributed by atoms with Crippen LogP contribution >= 0.6 is 0 Å². The van der Waals surface area contributed by atoms with Crippen molar-refractivity contribution >= 4 is 29.1 Å². The highest BCUT2D eigenvalue weighted by Gasteiger charge is 2.30. The fourth-order valence-corrected chi connectivity index (χ4v) is 5.54. The first-order chi connectivity index (χ1) is 17.4. The van der Waals surface area contributed by atoms with Crippen LogP contribution in [0.2, 0.25) is 0 Å². The van der Waals surface area contributed by atoms with Crippen molar-refractivity contribution < 1.29 is 19.1 Å². The quantitative estimate of drug-likeness (QED) is 0.476. The molecule has 3 saturated heterocycles. The Morgan fingerprint density at radius 1 is 1.00 bits per heavy atom. The Balaban J connectivity index is 1.08. The van der Waals surface area contributed by atoms with Gasteiger partial charge in [0.1, 0.15) is 11.9 Å². The summed E-state index contributed by atoms with van der Waals surface area (Å²) in [6, 6.07) is 15.6. The summed E-state index contributed by atoms with van der Waals surface area (Å²) in [6.07, 6.45) is 4.28. The Morgan fingerprint density at radius 3 is 2.50 bits per heavy atom. The smallest absolute Gasteiger partial charge is 0.234 e. The van der Waals surface area contributed by atoms with Gasteiger partial charge in [-0.3, -0.25) is 19.7 Å². The van der Waals surface area contributed by atoms with Crippen molar-refractivity contribution in [3.8, 4) is 5.75 Å². The first-order valence-corrected chi connectivity index (χ1v) is 12.9. The molecule has 3 heterocycles. The van der Waals surface area contributed by atoms with Gasteiger partial charge in [-0.25, -0.2) is 0 Å². The molecule has 36 heavy (non-hydrogen) atoms. The van der Waals surface area contributed by atoms with E-state index >= 15 is 0 Å². The molecule has 8 nitrogen and oxygen atoms in total. The predicted octanol–water partition coefficient (Wildman–Crippen LogP) is 3.08. The lowest BCUT2D eigenvalue weighted by molar-refractivity contribution is -0.135. The van der Waals surface area contributed by atoms with Gasteiger partial charge in [0.25, 0.3) is 0 Å². The van der Waals surface area contributed by atoms with Gasteiger partial charge < -0.3 is 20.3 Å². The lowest BCUT2D eigenvalue weighted by Crippen LogP contribution is -2.42. The van der Waals surface area contributed by atoms with Gasteiger partial charge in [-0.15, -0.1) is 0 Å². The van der Waals surface area contributed by atoms with Gasteiger partial charge in [0, 0.05) is 69.3 Å². The van der Waals surface area contributed by atoms with E-state index in [0.29, 0.717) is 30.9 Å². The monoisotopic (exact) mass is 490 g/mol. The van der Waals surface area contributed by atoms with Crippen molar-refractivity contribution in [3.05, 3.63) is 54.1 Å². The highest BCUT2D eigenvalue weighted by Crippen LogP contribution is 2.30. The van der Waals surface area contributed by atoms with Gasteiger partial charge in [0.05, 0.1) is 5.92 Å². The fraction of sp³-hybridized carbons (Fsp3) is 0.464. The molecular weight excluding hydrogens is 456 g/mol. The van der Waals surface area contributed by atoms with E-state index in [4.69, 9.17) is 10.5 Å². The zero-order valence-corrected chi connectivity index (χ0v) is 20.5. The number of carbonyl (C=O) groups is 3. The number of anilines is 2. The number of piperidine rings is 2. The molecular formula is C28H34N4O4. The summed E-state index contributed by atoms with van der Waals surface area (Å²) in [7, 11) is 0. The lowest BCUT2D eigenvalue weighted by atomic mass is 9.90.